The smallest absolute Gasteiger partial charge is 0.333 e. The standard InChI is InChI=1S/C9H14Br2O2/c1-7(2)8(12)13-6-9(3,4-10)5-11/h1,4-6H2,2-3H3. The highest BCUT2D eigenvalue weighted by Crippen LogP contribution is 2.22. The molecule has 4 heteroatoms. The number of hydrogen-bond acceptors (Lipinski definition) is 2. The summed E-state index contributed by atoms with van der Waals surface area (Å²) in [4.78, 5) is 11.1. The van der Waals surface area contributed by atoms with E-state index in [0.29, 0.717) is 12.2 Å². The van der Waals surface area contributed by atoms with Crippen molar-refractivity contribution in [2.45, 2.75) is 13.8 Å². The van der Waals surface area contributed by atoms with Crippen LogP contribution in [0.1, 0.15) is 13.8 Å². The number of esters is 1. The van der Waals surface area contributed by atoms with E-state index >= 15 is 0 Å². The first-order valence-electron chi connectivity index (χ1n) is 3.90. The van der Waals surface area contributed by atoms with Crippen LogP contribution in [0.3, 0.4) is 0 Å². The van der Waals surface area contributed by atoms with Gasteiger partial charge in [-0.2, -0.15) is 0 Å². The Morgan fingerprint density at radius 1 is 1.46 bits per heavy atom. The van der Waals surface area contributed by atoms with Gasteiger partial charge in [0.1, 0.15) is 0 Å². The van der Waals surface area contributed by atoms with E-state index in [0.717, 1.165) is 10.7 Å². The Morgan fingerprint density at radius 2 is 1.92 bits per heavy atom. The summed E-state index contributed by atoms with van der Waals surface area (Å²) < 4.78 is 5.05. The van der Waals surface area contributed by atoms with E-state index < -0.39 is 0 Å². The van der Waals surface area contributed by atoms with E-state index in [1.165, 1.54) is 0 Å². The van der Waals surface area contributed by atoms with Gasteiger partial charge in [-0.15, -0.1) is 0 Å². The first-order valence-corrected chi connectivity index (χ1v) is 6.14. The highest BCUT2D eigenvalue weighted by molar-refractivity contribution is 9.09. The van der Waals surface area contributed by atoms with Crippen molar-refractivity contribution in [2.75, 3.05) is 17.3 Å². The van der Waals surface area contributed by atoms with Gasteiger partial charge in [-0.1, -0.05) is 45.4 Å². The summed E-state index contributed by atoms with van der Waals surface area (Å²) in [6.45, 7) is 7.58. The Hall–Kier alpha value is 0.170. The summed E-state index contributed by atoms with van der Waals surface area (Å²) in [5.41, 5.74) is 0.386. The second-order valence-electron chi connectivity index (χ2n) is 3.43. The Labute approximate surface area is 96.0 Å². The summed E-state index contributed by atoms with van der Waals surface area (Å²) >= 11 is 6.75. The van der Waals surface area contributed by atoms with Gasteiger partial charge in [0.2, 0.25) is 0 Å². The summed E-state index contributed by atoms with van der Waals surface area (Å²) in [5.74, 6) is -0.326. The molecule has 0 saturated heterocycles. The lowest BCUT2D eigenvalue weighted by Crippen LogP contribution is -2.28. The Kier molecular flexibility index (Phi) is 5.88. The number of halogens is 2. The molecule has 0 aromatic rings. The third-order valence-electron chi connectivity index (χ3n) is 1.55. The summed E-state index contributed by atoms with van der Waals surface area (Å²) in [7, 11) is 0. The maximum atomic E-state index is 11.1. The molecule has 2 nitrogen and oxygen atoms in total. The molecule has 0 amide bonds. The predicted molar refractivity (Wildman–Crippen MR) is 61.5 cm³/mol. The normalized spacial score (nSPS) is 11.1. The molecule has 0 bridgehead atoms. The number of carbonyl (C=O) groups is 1. The first-order chi connectivity index (χ1) is 5.95. The van der Waals surface area contributed by atoms with Gasteiger partial charge in [0, 0.05) is 21.6 Å². The Bertz CT molecular complexity index is 198. The zero-order valence-electron chi connectivity index (χ0n) is 7.90. The predicted octanol–water partition coefficient (Wildman–Crippen LogP) is 2.90. The van der Waals surface area contributed by atoms with Crippen molar-refractivity contribution in [1.29, 1.82) is 0 Å². The lowest BCUT2D eigenvalue weighted by molar-refractivity contribution is -0.141. The van der Waals surface area contributed by atoms with Crippen LogP contribution in [0.15, 0.2) is 12.2 Å². The molecule has 0 heterocycles. The molecule has 0 aliphatic rings. The molecule has 0 rings (SSSR count). The Morgan fingerprint density at radius 3 is 2.23 bits per heavy atom. The maximum absolute atomic E-state index is 11.1. The summed E-state index contributed by atoms with van der Waals surface area (Å²) in [6, 6.07) is 0. The fraction of sp³-hybridized carbons (Fsp3) is 0.667. The number of carbonyl (C=O) groups excluding carboxylic acids is 1. The van der Waals surface area contributed by atoms with Crippen LogP contribution in [-0.4, -0.2) is 23.2 Å². The molecular formula is C9H14Br2O2. The van der Waals surface area contributed by atoms with Crippen LogP contribution in [-0.2, 0) is 9.53 Å². The largest absolute Gasteiger partial charge is 0.462 e. The average Bonchev–Trinajstić information content (AvgIpc) is 2.13. The van der Waals surface area contributed by atoms with Crippen molar-refractivity contribution in [2.24, 2.45) is 5.41 Å². The van der Waals surface area contributed by atoms with Gasteiger partial charge in [-0.3, -0.25) is 0 Å². The molecule has 0 aliphatic heterocycles. The molecule has 0 N–H and O–H groups in total. The van der Waals surface area contributed by atoms with Crippen molar-refractivity contribution in [3.63, 3.8) is 0 Å². The topological polar surface area (TPSA) is 26.3 Å². The molecule has 0 atom stereocenters. The van der Waals surface area contributed by atoms with Crippen LogP contribution in [0.25, 0.3) is 0 Å². The van der Waals surface area contributed by atoms with E-state index in [2.05, 4.69) is 38.4 Å². The minimum Gasteiger partial charge on any atom is -0.462 e. The van der Waals surface area contributed by atoms with E-state index in [1.54, 1.807) is 6.92 Å². The number of ether oxygens (including phenoxy) is 1. The number of alkyl halides is 2. The molecule has 0 aromatic carbocycles. The fourth-order valence-corrected chi connectivity index (χ4v) is 1.73. The fourth-order valence-electron chi connectivity index (χ4n) is 0.476. The molecule has 0 radical (unpaired) electrons. The molecule has 0 spiro atoms. The second kappa shape index (κ2) is 5.81. The van der Waals surface area contributed by atoms with Crippen molar-refractivity contribution < 1.29 is 9.53 Å². The second-order valence-corrected chi connectivity index (χ2v) is 4.56. The lowest BCUT2D eigenvalue weighted by Gasteiger charge is -2.23. The van der Waals surface area contributed by atoms with Gasteiger partial charge in [-0.05, 0) is 6.92 Å². The van der Waals surface area contributed by atoms with Crippen LogP contribution in [0.2, 0.25) is 0 Å². The lowest BCUT2D eigenvalue weighted by atomic mass is 9.98. The average molecular weight is 314 g/mol. The zero-order valence-corrected chi connectivity index (χ0v) is 11.1. The van der Waals surface area contributed by atoms with Gasteiger partial charge >= 0.3 is 5.97 Å². The van der Waals surface area contributed by atoms with Gasteiger partial charge < -0.3 is 4.74 Å². The summed E-state index contributed by atoms with van der Waals surface area (Å²) in [6.07, 6.45) is 0. The maximum Gasteiger partial charge on any atom is 0.333 e. The SMILES string of the molecule is C=C(C)C(=O)OCC(C)(CBr)CBr. The molecule has 0 fully saturated rings. The third kappa shape index (κ3) is 4.81. The highest BCUT2D eigenvalue weighted by atomic mass is 79.9. The minimum atomic E-state index is -0.326. The van der Waals surface area contributed by atoms with Crippen molar-refractivity contribution in [1.82, 2.24) is 0 Å². The Balaban J connectivity index is 4.00. The minimum absolute atomic E-state index is 0.0505. The van der Waals surface area contributed by atoms with Crippen LogP contribution in [0.5, 0.6) is 0 Å². The van der Waals surface area contributed by atoms with E-state index in [1.807, 2.05) is 6.92 Å². The molecule has 0 aliphatic carbocycles. The first kappa shape index (κ1) is 13.2. The molecule has 0 aromatic heterocycles. The molecule has 0 saturated carbocycles. The zero-order chi connectivity index (χ0) is 10.5. The summed E-state index contributed by atoms with van der Waals surface area (Å²) in [5, 5.41) is 1.57. The van der Waals surface area contributed by atoms with Gasteiger partial charge in [0.15, 0.2) is 0 Å². The van der Waals surface area contributed by atoms with Gasteiger partial charge in [-0.25, -0.2) is 4.79 Å². The molecular weight excluding hydrogens is 300 g/mol. The number of rotatable bonds is 5. The van der Waals surface area contributed by atoms with Gasteiger partial charge in [0.25, 0.3) is 0 Å². The van der Waals surface area contributed by atoms with Crippen LogP contribution in [0.4, 0.5) is 0 Å². The van der Waals surface area contributed by atoms with Crippen molar-refractivity contribution >= 4 is 37.8 Å². The van der Waals surface area contributed by atoms with Crippen molar-refractivity contribution in [3.8, 4) is 0 Å². The molecule has 13 heavy (non-hydrogen) atoms. The molecule has 76 valence electrons. The van der Waals surface area contributed by atoms with Crippen LogP contribution < -0.4 is 0 Å². The van der Waals surface area contributed by atoms with Gasteiger partial charge in [0.05, 0.1) is 6.61 Å². The van der Waals surface area contributed by atoms with E-state index in [-0.39, 0.29) is 11.4 Å². The third-order valence-corrected chi connectivity index (χ3v) is 4.25. The number of hydrogen-bond donors (Lipinski definition) is 0. The van der Waals surface area contributed by atoms with Crippen molar-refractivity contribution in [3.05, 3.63) is 12.2 Å². The quantitative estimate of drug-likeness (QED) is 0.443. The monoisotopic (exact) mass is 312 g/mol. The van der Waals surface area contributed by atoms with Crippen LogP contribution in [0, 0.1) is 5.41 Å². The molecule has 0 unspecified atom stereocenters. The highest BCUT2D eigenvalue weighted by Gasteiger charge is 2.23. The van der Waals surface area contributed by atoms with E-state index in [4.69, 9.17) is 4.74 Å². The van der Waals surface area contributed by atoms with E-state index in [9.17, 15) is 4.79 Å². The van der Waals surface area contributed by atoms with Crippen LogP contribution >= 0.6 is 31.9 Å².